The molecule has 3 unspecified atom stereocenters. The van der Waals surface area contributed by atoms with Gasteiger partial charge in [-0.2, -0.15) is 0 Å². The van der Waals surface area contributed by atoms with E-state index in [4.69, 9.17) is 0 Å². The van der Waals surface area contributed by atoms with Gasteiger partial charge in [0.2, 0.25) is 0 Å². The van der Waals surface area contributed by atoms with E-state index in [2.05, 4.69) is 12.2 Å². The minimum atomic E-state index is -0.782. The molecule has 1 saturated heterocycles. The lowest BCUT2D eigenvalue weighted by atomic mass is 9.76. The standard InChI is InChI=1S/C16H28N2O3/c1-11(2)16(14(19)20)8-9-18(10-16)15(21)17-13-7-5-4-6-12(13)3/h11-13H,4-10H2,1-3H3,(H,17,21)(H,19,20). The van der Waals surface area contributed by atoms with Gasteiger partial charge >= 0.3 is 12.0 Å². The lowest BCUT2D eigenvalue weighted by molar-refractivity contribution is -0.150. The molecule has 2 fully saturated rings. The van der Waals surface area contributed by atoms with Crippen molar-refractivity contribution < 1.29 is 14.7 Å². The molecule has 1 heterocycles. The number of carboxylic acid groups (broad SMARTS) is 1. The molecule has 5 nitrogen and oxygen atoms in total. The van der Waals surface area contributed by atoms with E-state index in [9.17, 15) is 14.7 Å². The highest BCUT2D eigenvalue weighted by Crippen LogP contribution is 2.38. The van der Waals surface area contributed by atoms with Crippen molar-refractivity contribution in [2.75, 3.05) is 13.1 Å². The number of nitrogens with zero attached hydrogens (tertiary/aromatic N) is 1. The minimum absolute atomic E-state index is 0.0291. The van der Waals surface area contributed by atoms with E-state index in [0.717, 1.165) is 12.8 Å². The first-order valence-electron chi connectivity index (χ1n) is 8.15. The number of hydrogen-bond acceptors (Lipinski definition) is 2. The summed E-state index contributed by atoms with van der Waals surface area (Å²) in [6.45, 7) is 6.91. The Bertz CT molecular complexity index is 410. The Morgan fingerprint density at radius 2 is 1.95 bits per heavy atom. The lowest BCUT2D eigenvalue weighted by Crippen LogP contribution is -2.49. The van der Waals surface area contributed by atoms with Crippen LogP contribution in [0.3, 0.4) is 0 Å². The van der Waals surface area contributed by atoms with E-state index in [1.54, 1.807) is 4.90 Å². The summed E-state index contributed by atoms with van der Waals surface area (Å²) in [4.78, 5) is 25.7. The molecule has 0 aromatic heterocycles. The van der Waals surface area contributed by atoms with Gasteiger partial charge < -0.3 is 15.3 Å². The van der Waals surface area contributed by atoms with Crippen molar-refractivity contribution in [2.24, 2.45) is 17.3 Å². The highest BCUT2D eigenvalue weighted by atomic mass is 16.4. The Morgan fingerprint density at radius 3 is 2.48 bits per heavy atom. The zero-order valence-corrected chi connectivity index (χ0v) is 13.4. The largest absolute Gasteiger partial charge is 0.481 e. The first-order valence-corrected chi connectivity index (χ1v) is 8.15. The van der Waals surface area contributed by atoms with Gasteiger partial charge in [-0.15, -0.1) is 0 Å². The average molecular weight is 296 g/mol. The van der Waals surface area contributed by atoms with Gasteiger partial charge in [0.15, 0.2) is 0 Å². The normalized spacial score (nSPS) is 33.2. The monoisotopic (exact) mass is 296 g/mol. The summed E-state index contributed by atoms with van der Waals surface area (Å²) in [6.07, 6.45) is 5.16. The second-order valence-corrected chi connectivity index (χ2v) is 7.11. The van der Waals surface area contributed by atoms with Crippen molar-refractivity contribution in [3.8, 4) is 0 Å². The second-order valence-electron chi connectivity index (χ2n) is 7.11. The van der Waals surface area contributed by atoms with Crippen LogP contribution in [0.25, 0.3) is 0 Å². The third-order valence-corrected chi connectivity index (χ3v) is 5.54. The number of urea groups is 1. The number of hydrogen-bond donors (Lipinski definition) is 2. The Hall–Kier alpha value is -1.26. The summed E-state index contributed by atoms with van der Waals surface area (Å²) < 4.78 is 0. The summed E-state index contributed by atoms with van der Waals surface area (Å²) in [5.74, 6) is -0.236. The van der Waals surface area contributed by atoms with Gasteiger partial charge in [0.05, 0.1) is 5.41 Å². The smallest absolute Gasteiger partial charge is 0.317 e. The summed E-state index contributed by atoms with van der Waals surface area (Å²) in [5.41, 5.74) is -0.782. The molecule has 1 aliphatic carbocycles. The van der Waals surface area contributed by atoms with Crippen molar-refractivity contribution in [1.29, 1.82) is 0 Å². The van der Waals surface area contributed by atoms with Crippen LogP contribution in [0.15, 0.2) is 0 Å². The molecule has 21 heavy (non-hydrogen) atoms. The number of likely N-dealkylation sites (tertiary alicyclic amines) is 1. The molecule has 0 aromatic carbocycles. The molecule has 0 aromatic rings. The van der Waals surface area contributed by atoms with Crippen LogP contribution >= 0.6 is 0 Å². The fraction of sp³-hybridized carbons (Fsp3) is 0.875. The fourth-order valence-corrected chi connectivity index (χ4v) is 3.68. The predicted octanol–water partition coefficient (Wildman–Crippen LogP) is 2.71. The number of nitrogens with one attached hydrogen (secondary N) is 1. The quantitative estimate of drug-likeness (QED) is 0.841. The number of carbonyl (C=O) groups excluding carboxylic acids is 1. The molecule has 120 valence electrons. The first-order chi connectivity index (χ1) is 9.86. The highest BCUT2D eigenvalue weighted by molar-refractivity contribution is 5.80. The molecular formula is C16H28N2O3. The van der Waals surface area contributed by atoms with E-state index in [0.29, 0.717) is 25.4 Å². The topological polar surface area (TPSA) is 69.6 Å². The SMILES string of the molecule is CC1CCCCC1NC(=O)N1CCC(C(=O)O)(C(C)C)C1. The second kappa shape index (κ2) is 6.24. The highest BCUT2D eigenvalue weighted by Gasteiger charge is 2.48. The van der Waals surface area contributed by atoms with Gasteiger partial charge in [0, 0.05) is 19.1 Å². The number of aliphatic carboxylic acids is 1. The van der Waals surface area contributed by atoms with E-state index >= 15 is 0 Å². The van der Waals surface area contributed by atoms with Crippen LogP contribution in [0.2, 0.25) is 0 Å². The van der Waals surface area contributed by atoms with Crippen LogP contribution in [0.5, 0.6) is 0 Å². The number of carboxylic acids is 1. The van der Waals surface area contributed by atoms with Crippen LogP contribution in [-0.2, 0) is 4.79 Å². The zero-order valence-electron chi connectivity index (χ0n) is 13.4. The van der Waals surface area contributed by atoms with Crippen LogP contribution in [0, 0.1) is 17.3 Å². The van der Waals surface area contributed by atoms with Crippen molar-refractivity contribution in [3.63, 3.8) is 0 Å². The molecule has 2 rings (SSSR count). The zero-order chi connectivity index (χ0) is 15.6. The van der Waals surface area contributed by atoms with Crippen LogP contribution < -0.4 is 5.32 Å². The number of carbonyl (C=O) groups is 2. The van der Waals surface area contributed by atoms with Gasteiger partial charge in [0.1, 0.15) is 0 Å². The molecule has 0 spiro atoms. The summed E-state index contributed by atoms with van der Waals surface area (Å²) >= 11 is 0. The van der Waals surface area contributed by atoms with E-state index in [1.807, 2.05) is 13.8 Å². The Labute approximate surface area is 127 Å². The third kappa shape index (κ3) is 3.16. The van der Waals surface area contributed by atoms with Gasteiger partial charge in [-0.25, -0.2) is 4.79 Å². The maximum atomic E-state index is 12.4. The van der Waals surface area contributed by atoms with Crippen molar-refractivity contribution in [1.82, 2.24) is 10.2 Å². The summed E-state index contributed by atoms with van der Waals surface area (Å²) in [5, 5.41) is 12.7. The van der Waals surface area contributed by atoms with Crippen LogP contribution in [0.4, 0.5) is 4.79 Å². The average Bonchev–Trinajstić information content (AvgIpc) is 2.88. The molecule has 0 radical (unpaired) electrons. The summed E-state index contributed by atoms with van der Waals surface area (Å²) in [6, 6.07) is 0.155. The predicted molar refractivity (Wildman–Crippen MR) is 81.0 cm³/mol. The fourth-order valence-electron chi connectivity index (χ4n) is 3.68. The van der Waals surface area contributed by atoms with Crippen LogP contribution in [-0.4, -0.2) is 41.1 Å². The molecule has 2 N–H and O–H groups in total. The van der Waals surface area contributed by atoms with Crippen LogP contribution in [0.1, 0.15) is 52.9 Å². The van der Waals surface area contributed by atoms with Crippen molar-refractivity contribution in [2.45, 2.75) is 58.9 Å². The Kier molecular flexibility index (Phi) is 4.79. The van der Waals surface area contributed by atoms with Gasteiger partial charge in [-0.3, -0.25) is 4.79 Å². The van der Waals surface area contributed by atoms with Gasteiger partial charge in [-0.1, -0.05) is 33.6 Å². The minimum Gasteiger partial charge on any atom is -0.481 e. The van der Waals surface area contributed by atoms with Gasteiger partial charge in [0.25, 0.3) is 0 Å². The molecule has 0 bridgehead atoms. The lowest BCUT2D eigenvalue weighted by Gasteiger charge is -2.32. The first kappa shape index (κ1) is 16.1. The van der Waals surface area contributed by atoms with Crippen molar-refractivity contribution in [3.05, 3.63) is 0 Å². The molecular weight excluding hydrogens is 268 g/mol. The van der Waals surface area contributed by atoms with E-state index in [1.165, 1.54) is 12.8 Å². The molecule has 1 aliphatic heterocycles. The van der Waals surface area contributed by atoms with Crippen molar-refractivity contribution >= 4 is 12.0 Å². The molecule has 2 amide bonds. The molecule has 5 heteroatoms. The van der Waals surface area contributed by atoms with E-state index in [-0.39, 0.29) is 18.0 Å². The molecule has 1 saturated carbocycles. The summed E-state index contributed by atoms with van der Waals surface area (Å²) in [7, 11) is 0. The van der Waals surface area contributed by atoms with E-state index < -0.39 is 11.4 Å². The number of rotatable bonds is 3. The Balaban J connectivity index is 1.97. The molecule has 3 atom stereocenters. The third-order valence-electron chi connectivity index (χ3n) is 5.54. The maximum Gasteiger partial charge on any atom is 0.317 e. The number of amides is 2. The molecule has 2 aliphatic rings. The van der Waals surface area contributed by atoms with Gasteiger partial charge in [-0.05, 0) is 31.1 Å². The maximum absolute atomic E-state index is 12.4. The Morgan fingerprint density at radius 1 is 1.29 bits per heavy atom.